The Morgan fingerprint density at radius 3 is 2.58 bits per heavy atom. The molecule has 0 radical (unpaired) electrons. The Bertz CT molecular complexity index is 148. The molecular weight excluding hydrogens is 152 g/mol. The Morgan fingerprint density at radius 1 is 1.50 bits per heavy atom. The maximum absolute atomic E-state index is 11.0. The Balaban J connectivity index is 2.26. The largest absolute Gasteiger partial charge is 0.462 e. The van der Waals surface area contributed by atoms with Crippen molar-refractivity contribution >= 4 is 5.97 Å². The number of ether oxygens (including phenoxy) is 1. The van der Waals surface area contributed by atoms with Crippen molar-refractivity contribution in [2.45, 2.75) is 52.1 Å². The second-order valence-corrected chi connectivity index (χ2v) is 3.59. The van der Waals surface area contributed by atoms with Gasteiger partial charge in [0.15, 0.2) is 0 Å². The lowest BCUT2D eigenvalue weighted by Crippen LogP contribution is -2.21. The smallest absolute Gasteiger partial charge is 0.305 e. The third-order valence-corrected chi connectivity index (χ3v) is 2.67. The summed E-state index contributed by atoms with van der Waals surface area (Å²) in [5, 5.41) is 0. The second-order valence-electron chi connectivity index (χ2n) is 3.59. The average Bonchev–Trinajstić information content (AvgIpc) is 2.56. The van der Waals surface area contributed by atoms with Gasteiger partial charge in [-0.15, -0.1) is 0 Å². The molecule has 0 aliphatic heterocycles. The van der Waals surface area contributed by atoms with Crippen LogP contribution < -0.4 is 0 Å². The molecule has 1 fully saturated rings. The number of esters is 1. The van der Waals surface area contributed by atoms with Gasteiger partial charge in [-0.25, -0.2) is 0 Å². The third-order valence-electron chi connectivity index (χ3n) is 2.67. The maximum atomic E-state index is 11.0. The van der Waals surface area contributed by atoms with E-state index in [2.05, 4.69) is 0 Å². The van der Waals surface area contributed by atoms with Crippen LogP contribution in [-0.2, 0) is 9.53 Å². The molecule has 0 aromatic carbocycles. The molecule has 0 aromatic heterocycles. The normalized spacial score (nSPS) is 20.8. The number of hydrogen-bond acceptors (Lipinski definition) is 2. The molecule has 0 N–H and O–H groups in total. The number of carbonyl (C=O) groups excluding carboxylic acids is 1. The van der Waals surface area contributed by atoms with Crippen LogP contribution in [0.2, 0.25) is 0 Å². The van der Waals surface area contributed by atoms with Crippen LogP contribution in [0.15, 0.2) is 0 Å². The Labute approximate surface area is 74.3 Å². The molecule has 2 heteroatoms. The summed E-state index contributed by atoms with van der Waals surface area (Å²) in [7, 11) is 0. The Morgan fingerprint density at radius 2 is 2.08 bits per heavy atom. The van der Waals surface area contributed by atoms with Crippen LogP contribution in [0.5, 0.6) is 0 Å². The summed E-state index contributed by atoms with van der Waals surface area (Å²) in [6.07, 6.45) is 5.71. The summed E-state index contributed by atoms with van der Waals surface area (Å²) in [4.78, 5) is 11.0. The summed E-state index contributed by atoms with van der Waals surface area (Å²) in [6.45, 7) is 3.85. The van der Waals surface area contributed by atoms with Crippen molar-refractivity contribution < 1.29 is 9.53 Å². The van der Waals surface area contributed by atoms with Gasteiger partial charge in [-0.1, -0.05) is 19.8 Å². The number of carbonyl (C=O) groups is 1. The van der Waals surface area contributed by atoms with Gasteiger partial charge in [0.1, 0.15) is 6.10 Å². The van der Waals surface area contributed by atoms with Crippen LogP contribution in [0.1, 0.15) is 46.0 Å². The maximum Gasteiger partial charge on any atom is 0.305 e. The fourth-order valence-electron chi connectivity index (χ4n) is 1.81. The number of hydrogen-bond donors (Lipinski definition) is 0. The zero-order valence-corrected chi connectivity index (χ0v) is 8.01. The summed E-state index contributed by atoms with van der Waals surface area (Å²) >= 11 is 0. The van der Waals surface area contributed by atoms with Gasteiger partial charge in [-0.05, 0) is 25.7 Å². The van der Waals surface area contributed by atoms with Crippen LogP contribution in [0.25, 0.3) is 0 Å². The van der Waals surface area contributed by atoms with Gasteiger partial charge in [-0.3, -0.25) is 4.79 Å². The minimum Gasteiger partial charge on any atom is -0.462 e. The van der Waals surface area contributed by atoms with Crippen molar-refractivity contribution in [1.82, 2.24) is 0 Å². The molecule has 1 atom stereocenters. The first-order valence-electron chi connectivity index (χ1n) is 4.93. The molecule has 0 aromatic rings. The molecule has 0 saturated heterocycles. The van der Waals surface area contributed by atoms with Crippen molar-refractivity contribution in [3.63, 3.8) is 0 Å². The SMILES string of the molecule is CCC(=O)O[C@H](C)C1CCCC1. The highest BCUT2D eigenvalue weighted by Crippen LogP contribution is 2.29. The predicted molar refractivity (Wildman–Crippen MR) is 47.8 cm³/mol. The van der Waals surface area contributed by atoms with E-state index in [9.17, 15) is 4.79 Å². The molecule has 0 amide bonds. The highest BCUT2D eigenvalue weighted by molar-refractivity contribution is 5.69. The summed E-state index contributed by atoms with van der Waals surface area (Å²) < 4.78 is 5.24. The molecule has 0 heterocycles. The van der Waals surface area contributed by atoms with E-state index in [1.165, 1.54) is 25.7 Å². The van der Waals surface area contributed by atoms with Crippen molar-refractivity contribution in [3.8, 4) is 0 Å². The minimum atomic E-state index is -0.0607. The van der Waals surface area contributed by atoms with Crippen LogP contribution >= 0.6 is 0 Å². The van der Waals surface area contributed by atoms with Crippen molar-refractivity contribution in [2.24, 2.45) is 5.92 Å². The third kappa shape index (κ3) is 2.50. The minimum absolute atomic E-state index is 0.0607. The molecule has 1 saturated carbocycles. The van der Waals surface area contributed by atoms with E-state index in [1.807, 2.05) is 13.8 Å². The first kappa shape index (κ1) is 9.56. The van der Waals surface area contributed by atoms with E-state index in [1.54, 1.807) is 0 Å². The van der Waals surface area contributed by atoms with E-state index in [0.29, 0.717) is 12.3 Å². The van der Waals surface area contributed by atoms with Crippen LogP contribution in [0.4, 0.5) is 0 Å². The van der Waals surface area contributed by atoms with Crippen molar-refractivity contribution in [1.29, 1.82) is 0 Å². The van der Waals surface area contributed by atoms with E-state index >= 15 is 0 Å². The molecule has 1 aliphatic carbocycles. The van der Waals surface area contributed by atoms with Crippen LogP contribution in [0.3, 0.4) is 0 Å². The van der Waals surface area contributed by atoms with Gasteiger partial charge in [-0.2, -0.15) is 0 Å². The van der Waals surface area contributed by atoms with Gasteiger partial charge >= 0.3 is 5.97 Å². The van der Waals surface area contributed by atoms with E-state index in [0.717, 1.165) is 0 Å². The molecule has 1 rings (SSSR count). The number of rotatable bonds is 3. The van der Waals surface area contributed by atoms with Gasteiger partial charge in [0.2, 0.25) is 0 Å². The quantitative estimate of drug-likeness (QED) is 0.608. The van der Waals surface area contributed by atoms with Gasteiger partial charge in [0, 0.05) is 6.42 Å². The molecule has 0 spiro atoms. The molecule has 70 valence electrons. The second kappa shape index (κ2) is 4.48. The highest BCUT2D eigenvalue weighted by atomic mass is 16.5. The summed E-state index contributed by atoms with van der Waals surface area (Å²) in [5.74, 6) is 0.565. The van der Waals surface area contributed by atoms with Gasteiger partial charge in [0.25, 0.3) is 0 Å². The topological polar surface area (TPSA) is 26.3 Å². The molecule has 2 nitrogen and oxygen atoms in total. The fourth-order valence-corrected chi connectivity index (χ4v) is 1.81. The lowest BCUT2D eigenvalue weighted by atomic mass is 10.0. The van der Waals surface area contributed by atoms with Crippen molar-refractivity contribution in [2.75, 3.05) is 0 Å². The lowest BCUT2D eigenvalue weighted by Gasteiger charge is -2.18. The Kier molecular flexibility index (Phi) is 3.57. The molecule has 0 unspecified atom stereocenters. The molecule has 0 bridgehead atoms. The van der Waals surface area contributed by atoms with Gasteiger partial charge in [0.05, 0.1) is 0 Å². The van der Waals surface area contributed by atoms with E-state index in [-0.39, 0.29) is 12.1 Å². The van der Waals surface area contributed by atoms with Gasteiger partial charge < -0.3 is 4.74 Å². The highest BCUT2D eigenvalue weighted by Gasteiger charge is 2.23. The standard InChI is InChI=1S/C10H18O2/c1-3-10(11)12-8(2)9-6-4-5-7-9/h8-9H,3-7H2,1-2H3/t8-/m1/s1. The van der Waals surface area contributed by atoms with Crippen LogP contribution in [-0.4, -0.2) is 12.1 Å². The first-order chi connectivity index (χ1) is 5.74. The lowest BCUT2D eigenvalue weighted by molar-refractivity contribution is -0.150. The fraction of sp³-hybridized carbons (Fsp3) is 0.900. The molecular formula is C10H18O2. The Hall–Kier alpha value is -0.530. The first-order valence-corrected chi connectivity index (χ1v) is 4.93. The monoisotopic (exact) mass is 170 g/mol. The molecule has 12 heavy (non-hydrogen) atoms. The van der Waals surface area contributed by atoms with Crippen LogP contribution in [0, 0.1) is 5.92 Å². The summed E-state index contributed by atoms with van der Waals surface area (Å²) in [5.41, 5.74) is 0. The zero-order valence-electron chi connectivity index (χ0n) is 8.01. The summed E-state index contributed by atoms with van der Waals surface area (Å²) in [6, 6.07) is 0. The van der Waals surface area contributed by atoms with E-state index in [4.69, 9.17) is 4.74 Å². The average molecular weight is 170 g/mol. The van der Waals surface area contributed by atoms with Crippen molar-refractivity contribution in [3.05, 3.63) is 0 Å². The zero-order chi connectivity index (χ0) is 8.97. The van der Waals surface area contributed by atoms with E-state index < -0.39 is 0 Å². The predicted octanol–water partition coefficient (Wildman–Crippen LogP) is 2.52. The molecule has 1 aliphatic rings.